The van der Waals surface area contributed by atoms with E-state index in [1.54, 1.807) is 0 Å². The van der Waals surface area contributed by atoms with E-state index in [1.165, 1.54) is 5.56 Å². The van der Waals surface area contributed by atoms with E-state index in [0.717, 1.165) is 18.0 Å². The maximum atomic E-state index is 5.51. The molecule has 1 aromatic rings. The number of nitrogens with one attached hydrogen (secondary N) is 1. The van der Waals surface area contributed by atoms with E-state index in [1.807, 2.05) is 6.92 Å². The fourth-order valence-corrected chi connectivity index (χ4v) is 1.24. The summed E-state index contributed by atoms with van der Waals surface area (Å²) in [5.74, 6) is 0.948. The first-order valence-electron chi connectivity index (χ1n) is 4.75. The van der Waals surface area contributed by atoms with Gasteiger partial charge in [-0.2, -0.15) is 0 Å². The fourth-order valence-electron chi connectivity index (χ4n) is 1.24. The number of ether oxygens (including phenoxy) is 1. The van der Waals surface area contributed by atoms with Crippen LogP contribution in [0.15, 0.2) is 18.2 Å². The van der Waals surface area contributed by atoms with Crippen LogP contribution in [0.1, 0.15) is 19.4 Å². The summed E-state index contributed by atoms with van der Waals surface area (Å²) in [5.41, 5.74) is 2.31. The zero-order chi connectivity index (χ0) is 9.68. The molecule has 1 N–H and O–H groups in total. The minimum Gasteiger partial charge on any atom is -0.492 e. The van der Waals surface area contributed by atoms with Crippen molar-refractivity contribution in [1.82, 2.24) is 0 Å². The minimum atomic E-state index is 0.710. The lowest BCUT2D eigenvalue weighted by Gasteiger charge is -2.11. The van der Waals surface area contributed by atoms with Gasteiger partial charge < -0.3 is 10.1 Å². The van der Waals surface area contributed by atoms with Gasteiger partial charge in [-0.05, 0) is 38.5 Å². The van der Waals surface area contributed by atoms with Crippen molar-refractivity contribution in [2.75, 3.05) is 18.5 Å². The Morgan fingerprint density at radius 3 is 2.69 bits per heavy atom. The molecule has 0 saturated carbocycles. The van der Waals surface area contributed by atoms with Crippen molar-refractivity contribution in [3.63, 3.8) is 0 Å². The van der Waals surface area contributed by atoms with Crippen LogP contribution in [-0.4, -0.2) is 13.2 Å². The van der Waals surface area contributed by atoms with Crippen molar-refractivity contribution in [1.29, 1.82) is 0 Å². The topological polar surface area (TPSA) is 21.3 Å². The van der Waals surface area contributed by atoms with E-state index in [0.29, 0.717) is 6.61 Å². The van der Waals surface area contributed by atoms with Gasteiger partial charge in [0.25, 0.3) is 0 Å². The van der Waals surface area contributed by atoms with Gasteiger partial charge in [0.1, 0.15) is 5.75 Å². The maximum absolute atomic E-state index is 5.51. The van der Waals surface area contributed by atoms with E-state index < -0.39 is 0 Å². The molecule has 1 rings (SSSR count). The predicted molar refractivity (Wildman–Crippen MR) is 56.5 cm³/mol. The van der Waals surface area contributed by atoms with E-state index in [4.69, 9.17) is 4.74 Å². The molecule has 0 aliphatic rings. The summed E-state index contributed by atoms with van der Waals surface area (Å²) in [4.78, 5) is 0. The number of hydrogen-bond donors (Lipinski definition) is 1. The molecular formula is C11H17NO. The average molecular weight is 179 g/mol. The highest BCUT2D eigenvalue weighted by molar-refractivity contribution is 5.57. The summed E-state index contributed by atoms with van der Waals surface area (Å²) in [6.07, 6.45) is 0. The largest absolute Gasteiger partial charge is 0.492 e. The Labute approximate surface area is 79.9 Å². The van der Waals surface area contributed by atoms with Gasteiger partial charge in [-0.15, -0.1) is 0 Å². The highest BCUT2D eigenvalue weighted by atomic mass is 16.5. The summed E-state index contributed by atoms with van der Waals surface area (Å²) in [6, 6.07) is 6.20. The SMILES string of the molecule is CCNc1ccc(C)cc1OCC. The number of benzene rings is 1. The fraction of sp³-hybridized carbons (Fsp3) is 0.455. The minimum absolute atomic E-state index is 0.710. The van der Waals surface area contributed by atoms with Crippen LogP contribution in [0, 0.1) is 6.92 Å². The van der Waals surface area contributed by atoms with Crippen molar-refractivity contribution in [3.8, 4) is 5.75 Å². The zero-order valence-electron chi connectivity index (χ0n) is 8.55. The van der Waals surface area contributed by atoms with Gasteiger partial charge in [0.05, 0.1) is 12.3 Å². The first-order valence-corrected chi connectivity index (χ1v) is 4.75. The third kappa shape index (κ3) is 2.65. The Balaban J connectivity index is 2.89. The highest BCUT2D eigenvalue weighted by Gasteiger charge is 2.01. The predicted octanol–water partition coefficient (Wildman–Crippen LogP) is 2.83. The van der Waals surface area contributed by atoms with Crippen molar-refractivity contribution >= 4 is 5.69 Å². The summed E-state index contributed by atoms with van der Waals surface area (Å²) >= 11 is 0. The molecule has 0 spiro atoms. The van der Waals surface area contributed by atoms with Crippen molar-refractivity contribution in [3.05, 3.63) is 23.8 Å². The van der Waals surface area contributed by atoms with Crippen molar-refractivity contribution in [2.45, 2.75) is 20.8 Å². The molecule has 0 atom stereocenters. The Kier molecular flexibility index (Phi) is 3.62. The Morgan fingerprint density at radius 1 is 1.31 bits per heavy atom. The molecule has 0 aromatic heterocycles. The summed E-state index contributed by atoms with van der Waals surface area (Å²) in [5, 5.41) is 3.26. The Morgan fingerprint density at radius 2 is 2.08 bits per heavy atom. The van der Waals surface area contributed by atoms with Gasteiger partial charge in [-0.25, -0.2) is 0 Å². The van der Waals surface area contributed by atoms with Gasteiger partial charge in [0.2, 0.25) is 0 Å². The molecule has 0 heterocycles. The molecule has 2 heteroatoms. The molecule has 0 unspecified atom stereocenters. The van der Waals surface area contributed by atoms with Crippen LogP contribution in [0.3, 0.4) is 0 Å². The van der Waals surface area contributed by atoms with Gasteiger partial charge >= 0.3 is 0 Å². The van der Waals surface area contributed by atoms with Crippen LogP contribution in [0.4, 0.5) is 5.69 Å². The third-order valence-corrected chi connectivity index (χ3v) is 1.80. The smallest absolute Gasteiger partial charge is 0.142 e. The third-order valence-electron chi connectivity index (χ3n) is 1.80. The highest BCUT2D eigenvalue weighted by Crippen LogP contribution is 2.25. The van der Waals surface area contributed by atoms with E-state index in [-0.39, 0.29) is 0 Å². The van der Waals surface area contributed by atoms with E-state index >= 15 is 0 Å². The molecule has 0 fully saturated rings. The quantitative estimate of drug-likeness (QED) is 0.767. The number of anilines is 1. The Hall–Kier alpha value is -1.18. The van der Waals surface area contributed by atoms with Gasteiger partial charge in [-0.3, -0.25) is 0 Å². The average Bonchev–Trinajstić information content (AvgIpc) is 2.10. The zero-order valence-corrected chi connectivity index (χ0v) is 8.55. The van der Waals surface area contributed by atoms with Gasteiger partial charge in [0.15, 0.2) is 0 Å². The monoisotopic (exact) mass is 179 g/mol. The molecular weight excluding hydrogens is 162 g/mol. The van der Waals surface area contributed by atoms with E-state index in [9.17, 15) is 0 Å². The standard InChI is InChI=1S/C11H17NO/c1-4-12-10-7-6-9(3)8-11(10)13-5-2/h6-8,12H,4-5H2,1-3H3. The van der Waals surface area contributed by atoms with Crippen LogP contribution >= 0.6 is 0 Å². The first-order chi connectivity index (χ1) is 6.27. The summed E-state index contributed by atoms with van der Waals surface area (Å²) < 4.78 is 5.51. The maximum Gasteiger partial charge on any atom is 0.142 e. The second-order valence-electron chi connectivity index (χ2n) is 2.96. The van der Waals surface area contributed by atoms with Crippen LogP contribution < -0.4 is 10.1 Å². The summed E-state index contributed by atoms with van der Waals surface area (Å²) in [6.45, 7) is 7.77. The molecule has 0 bridgehead atoms. The normalized spacial score (nSPS) is 9.77. The summed E-state index contributed by atoms with van der Waals surface area (Å²) in [7, 11) is 0. The molecule has 0 radical (unpaired) electrons. The van der Waals surface area contributed by atoms with E-state index in [2.05, 4.69) is 37.4 Å². The first kappa shape index (κ1) is 9.90. The lowest BCUT2D eigenvalue weighted by Crippen LogP contribution is -2.01. The van der Waals surface area contributed by atoms with Crippen LogP contribution in [0.25, 0.3) is 0 Å². The second kappa shape index (κ2) is 4.75. The lowest BCUT2D eigenvalue weighted by molar-refractivity contribution is 0.341. The lowest BCUT2D eigenvalue weighted by atomic mass is 10.2. The Bertz CT molecular complexity index is 271. The van der Waals surface area contributed by atoms with Gasteiger partial charge in [0, 0.05) is 6.54 Å². The van der Waals surface area contributed by atoms with Crippen LogP contribution in [0.2, 0.25) is 0 Å². The van der Waals surface area contributed by atoms with Crippen LogP contribution in [-0.2, 0) is 0 Å². The number of hydrogen-bond acceptors (Lipinski definition) is 2. The molecule has 0 saturated heterocycles. The molecule has 0 aliphatic carbocycles. The molecule has 1 aromatic carbocycles. The molecule has 2 nitrogen and oxygen atoms in total. The van der Waals surface area contributed by atoms with Crippen molar-refractivity contribution in [2.24, 2.45) is 0 Å². The molecule has 72 valence electrons. The van der Waals surface area contributed by atoms with Gasteiger partial charge in [-0.1, -0.05) is 6.07 Å². The van der Waals surface area contributed by atoms with Crippen molar-refractivity contribution < 1.29 is 4.74 Å². The van der Waals surface area contributed by atoms with Crippen LogP contribution in [0.5, 0.6) is 5.75 Å². The second-order valence-corrected chi connectivity index (χ2v) is 2.96. The number of rotatable bonds is 4. The molecule has 0 amide bonds. The molecule has 0 aliphatic heterocycles. The number of aryl methyl sites for hydroxylation is 1. The molecule has 13 heavy (non-hydrogen) atoms.